The molecule has 18 heavy (non-hydrogen) atoms. The zero-order valence-corrected chi connectivity index (χ0v) is 10.4. The first-order chi connectivity index (χ1) is 8.20. The zero-order chi connectivity index (χ0) is 12.3. The highest BCUT2D eigenvalue weighted by Crippen LogP contribution is 2.18. The van der Waals surface area contributed by atoms with Crippen LogP contribution in [0.2, 0.25) is 0 Å². The Hall–Kier alpha value is -1.94. The van der Waals surface area contributed by atoms with E-state index in [0.717, 1.165) is 11.8 Å². The van der Waals surface area contributed by atoms with Crippen molar-refractivity contribution >= 4 is 18.4 Å². The molecule has 0 aliphatic carbocycles. The minimum Gasteiger partial charge on any atom is -0.465 e. The van der Waals surface area contributed by atoms with E-state index in [0.29, 0.717) is 11.3 Å². The molecule has 0 saturated carbocycles. The van der Waals surface area contributed by atoms with Crippen molar-refractivity contribution in [2.45, 2.75) is 0 Å². The number of nitrogens with zero attached hydrogens (tertiary/aromatic N) is 1. The summed E-state index contributed by atoms with van der Waals surface area (Å²) >= 11 is 0. The summed E-state index contributed by atoms with van der Waals surface area (Å²) in [6.45, 7) is 0. The van der Waals surface area contributed by atoms with E-state index in [1.54, 1.807) is 30.3 Å². The number of hydrogen-bond acceptors (Lipinski definition) is 3. The Bertz CT molecular complexity index is 543. The first-order valence-corrected chi connectivity index (χ1v) is 5.01. The van der Waals surface area contributed by atoms with Crippen molar-refractivity contribution in [3.8, 4) is 11.3 Å². The van der Waals surface area contributed by atoms with E-state index in [1.807, 2.05) is 0 Å². The Morgan fingerprint density at radius 2 is 2.06 bits per heavy atom. The normalized spacial score (nSPS) is 9.44. The van der Waals surface area contributed by atoms with Crippen LogP contribution in [0, 0.1) is 5.82 Å². The maximum Gasteiger partial charge on any atom is 0.337 e. The smallest absolute Gasteiger partial charge is 0.337 e. The molecule has 0 radical (unpaired) electrons. The first kappa shape index (κ1) is 14.1. The van der Waals surface area contributed by atoms with Gasteiger partial charge in [0, 0.05) is 5.56 Å². The Labute approximate surface area is 110 Å². The number of carbonyl (C=O) groups excluding carboxylic acids is 1. The second-order valence-electron chi connectivity index (χ2n) is 3.43. The van der Waals surface area contributed by atoms with Gasteiger partial charge in [-0.15, -0.1) is 12.4 Å². The van der Waals surface area contributed by atoms with Gasteiger partial charge in [0.15, 0.2) is 0 Å². The van der Waals surface area contributed by atoms with Crippen LogP contribution in [-0.2, 0) is 4.74 Å². The van der Waals surface area contributed by atoms with Crippen LogP contribution in [0.1, 0.15) is 10.4 Å². The van der Waals surface area contributed by atoms with Gasteiger partial charge in [-0.25, -0.2) is 9.18 Å². The molecule has 0 unspecified atom stereocenters. The lowest BCUT2D eigenvalue weighted by atomic mass is 10.1. The summed E-state index contributed by atoms with van der Waals surface area (Å²) in [6, 6.07) is 9.73. The van der Waals surface area contributed by atoms with Crippen LogP contribution in [0.25, 0.3) is 11.3 Å². The summed E-state index contributed by atoms with van der Waals surface area (Å²) in [5.41, 5.74) is 1.79. The highest BCUT2D eigenvalue weighted by Gasteiger charge is 2.07. The molecule has 0 aliphatic heterocycles. The summed E-state index contributed by atoms with van der Waals surface area (Å²) in [5.74, 6) is -0.799. The average molecular weight is 268 g/mol. The van der Waals surface area contributed by atoms with Crippen molar-refractivity contribution in [2.75, 3.05) is 7.11 Å². The molecule has 1 aromatic carbocycles. The lowest BCUT2D eigenvalue weighted by Crippen LogP contribution is -2.00. The van der Waals surface area contributed by atoms with Gasteiger partial charge < -0.3 is 4.74 Å². The molecule has 0 amide bonds. The van der Waals surface area contributed by atoms with Crippen molar-refractivity contribution < 1.29 is 13.9 Å². The van der Waals surface area contributed by atoms with E-state index >= 15 is 0 Å². The third-order valence-corrected chi connectivity index (χ3v) is 2.31. The number of benzene rings is 1. The lowest BCUT2D eigenvalue weighted by Gasteiger charge is -2.03. The molecular formula is C13H11ClFNO2. The van der Waals surface area contributed by atoms with Crippen molar-refractivity contribution in [2.24, 2.45) is 0 Å². The first-order valence-electron chi connectivity index (χ1n) is 5.01. The van der Waals surface area contributed by atoms with Gasteiger partial charge >= 0.3 is 5.97 Å². The van der Waals surface area contributed by atoms with Crippen LogP contribution in [-0.4, -0.2) is 18.1 Å². The molecule has 1 aromatic heterocycles. The van der Waals surface area contributed by atoms with Gasteiger partial charge in [-0.2, -0.15) is 0 Å². The molecule has 0 fully saturated rings. The highest BCUT2D eigenvalue weighted by molar-refractivity contribution is 5.90. The minimum atomic E-state index is -0.408. The Balaban J connectivity index is 0.00000162. The van der Waals surface area contributed by atoms with Gasteiger partial charge in [0.25, 0.3) is 0 Å². The third-order valence-electron chi connectivity index (χ3n) is 2.31. The van der Waals surface area contributed by atoms with E-state index in [2.05, 4.69) is 9.72 Å². The molecule has 1 heterocycles. The number of carbonyl (C=O) groups is 1. The number of halogens is 2. The molecular weight excluding hydrogens is 257 g/mol. The largest absolute Gasteiger partial charge is 0.465 e. The summed E-state index contributed by atoms with van der Waals surface area (Å²) in [7, 11) is 1.32. The van der Waals surface area contributed by atoms with Crippen LogP contribution in [0.4, 0.5) is 4.39 Å². The van der Waals surface area contributed by atoms with E-state index < -0.39 is 11.8 Å². The van der Waals surface area contributed by atoms with Gasteiger partial charge in [0.05, 0.1) is 24.6 Å². The summed E-state index contributed by atoms with van der Waals surface area (Å²) in [6.07, 6.45) is 1.14. The molecule has 2 rings (SSSR count). The molecule has 0 spiro atoms. The van der Waals surface area contributed by atoms with Gasteiger partial charge in [0.2, 0.25) is 0 Å². The van der Waals surface area contributed by atoms with E-state index in [4.69, 9.17) is 0 Å². The predicted molar refractivity (Wildman–Crippen MR) is 68.2 cm³/mol. The van der Waals surface area contributed by atoms with Crippen molar-refractivity contribution in [1.82, 2.24) is 4.98 Å². The number of hydrogen-bond donors (Lipinski definition) is 0. The number of ether oxygens (including phenoxy) is 1. The summed E-state index contributed by atoms with van der Waals surface area (Å²) in [4.78, 5) is 15.3. The van der Waals surface area contributed by atoms with E-state index in [9.17, 15) is 9.18 Å². The SMILES string of the molecule is COC(=O)c1cccc(-c2ccc(F)cn2)c1.Cl. The Morgan fingerprint density at radius 3 is 2.67 bits per heavy atom. The summed E-state index contributed by atoms with van der Waals surface area (Å²) < 4.78 is 17.4. The molecule has 0 bridgehead atoms. The Morgan fingerprint density at radius 1 is 1.28 bits per heavy atom. The van der Waals surface area contributed by atoms with Gasteiger partial charge in [-0.05, 0) is 24.3 Å². The van der Waals surface area contributed by atoms with Crippen molar-refractivity contribution in [3.05, 3.63) is 54.0 Å². The fraction of sp³-hybridized carbons (Fsp3) is 0.0769. The molecule has 3 nitrogen and oxygen atoms in total. The predicted octanol–water partition coefficient (Wildman–Crippen LogP) is 3.10. The molecule has 5 heteroatoms. The average Bonchev–Trinajstić information content (AvgIpc) is 2.39. The lowest BCUT2D eigenvalue weighted by molar-refractivity contribution is 0.0601. The topological polar surface area (TPSA) is 39.2 Å². The summed E-state index contributed by atoms with van der Waals surface area (Å²) in [5, 5.41) is 0. The number of methoxy groups -OCH3 is 1. The third kappa shape index (κ3) is 3.05. The number of esters is 1. The van der Waals surface area contributed by atoms with Crippen LogP contribution in [0.5, 0.6) is 0 Å². The number of pyridine rings is 1. The van der Waals surface area contributed by atoms with Gasteiger partial charge in [-0.1, -0.05) is 12.1 Å². The monoisotopic (exact) mass is 267 g/mol. The molecule has 2 aromatic rings. The fourth-order valence-corrected chi connectivity index (χ4v) is 1.47. The van der Waals surface area contributed by atoms with E-state index in [-0.39, 0.29) is 12.4 Å². The quantitative estimate of drug-likeness (QED) is 0.785. The van der Waals surface area contributed by atoms with Crippen LogP contribution in [0.15, 0.2) is 42.6 Å². The maximum absolute atomic E-state index is 12.7. The molecule has 0 aliphatic rings. The van der Waals surface area contributed by atoms with Crippen LogP contribution in [0.3, 0.4) is 0 Å². The van der Waals surface area contributed by atoms with Crippen molar-refractivity contribution in [1.29, 1.82) is 0 Å². The van der Waals surface area contributed by atoms with Crippen LogP contribution >= 0.6 is 12.4 Å². The Kier molecular flexibility index (Phi) is 4.80. The number of rotatable bonds is 2. The second-order valence-corrected chi connectivity index (χ2v) is 3.43. The molecule has 0 N–H and O–H groups in total. The fourth-order valence-electron chi connectivity index (χ4n) is 1.47. The van der Waals surface area contributed by atoms with E-state index in [1.165, 1.54) is 13.2 Å². The zero-order valence-electron chi connectivity index (χ0n) is 9.59. The highest BCUT2D eigenvalue weighted by atomic mass is 35.5. The molecule has 0 atom stereocenters. The minimum absolute atomic E-state index is 0. The second kappa shape index (κ2) is 6.12. The molecule has 94 valence electrons. The van der Waals surface area contributed by atoms with Crippen LogP contribution < -0.4 is 0 Å². The van der Waals surface area contributed by atoms with Crippen molar-refractivity contribution in [3.63, 3.8) is 0 Å². The van der Waals surface area contributed by atoms with Gasteiger partial charge in [0.1, 0.15) is 5.82 Å². The standard InChI is InChI=1S/C13H10FNO2.ClH/c1-17-13(16)10-4-2-3-9(7-10)12-6-5-11(14)8-15-12;/h2-8H,1H3;1H. The van der Waals surface area contributed by atoms with Gasteiger partial charge in [-0.3, -0.25) is 4.98 Å². The number of aromatic nitrogens is 1. The maximum atomic E-state index is 12.7. The molecule has 0 saturated heterocycles.